The van der Waals surface area contributed by atoms with Crippen molar-refractivity contribution in [3.63, 3.8) is 0 Å². The summed E-state index contributed by atoms with van der Waals surface area (Å²) >= 11 is 0. The Morgan fingerprint density at radius 1 is 1.36 bits per heavy atom. The number of aromatic hydroxyl groups is 1. The van der Waals surface area contributed by atoms with Gasteiger partial charge in [-0.15, -0.1) is 0 Å². The van der Waals surface area contributed by atoms with Crippen LogP contribution in [0, 0.1) is 0 Å². The van der Waals surface area contributed by atoms with E-state index in [0.717, 1.165) is 24.9 Å². The summed E-state index contributed by atoms with van der Waals surface area (Å²) < 4.78 is 0. The molecule has 0 saturated heterocycles. The molecule has 2 atom stereocenters. The average molecular weight is 192 g/mol. The van der Waals surface area contributed by atoms with Crippen molar-refractivity contribution in [3.05, 3.63) is 24.3 Å². The van der Waals surface area contributed by atoms with Gasteiger partial charge in [0.2, 0.25) is 0 Å². The van der Waals surface area contributed by atoms with E-state index in [-0.39, 0.29) is 0 Å². The lowest BCUT2D eigenvalue weighted by molar-refractivity contribution is 0.475. The van der Waals surface area contributed by atoms with Crippen LogP contribution >= 0.6 is 0 Å². The van der Waals surface area contributed by atoms with Gasteiger partial charge in [0.25, 0.3) is 0 Å². The summed E-state index contributed by atoms with van der Waals surface area (Å²) in [4.78, 5) is 0. The van der Waals surface area contributed by atoms with Gasteiger partial charge in [-0.1, -0.05) is 6.07 Å². The van der Waals surface area contributed by atoms with Crippen molar-refractivity contribution in [2.24, 2.45) is 5.73 Å². The molecule has 1 saturated carbocycles. The van der Waals surface area contributed by atoms with Gasteiger partial charge in [-0.2, -0.15) is 0 Å². The predicted octanol–water partition coefficient (Wildman–Crippen LogP) is 1.68. The highest BCUT2D eigenvalue weighted by Gasteiger charge is 2.21. The molecule has 76 valence electrons. The number of benzene rings is 1. The lowest BCUT2D eigenvalue weighted by atomic mass is 10.2. The molecule has 0 amide bonds. The van der Waals surface area contributed by atoms with Crippen LogP contribution in [0.5, 0.6) is 5.75 Å². The van der Waals surface area contributed by atoms with E-state index in [1.165, 1.54) is 0 Å². The number of phenolic OH excluding ortho intramolecular Hbond substituents is 1. The van der Waals surface area contributed by atoms with Crippen molar-refractivity contribution in [1.82, 2.24) is 0 Å². The van der Waals surface area contributed by atoms with Gasteiger partial charge < -0.3 is 16.2 Å². The van der Waals surface area contributed by atoms with Crippen LogP contribution in [0.25, 0.3) is 0 Å². The third-order valence-electron chi connectivity index (χ3n) is 2.69. The van der Waals surface area contributed by atoms with E-state index in [2.05, 4.69) is 5.32 Å². The van der Waals surface area contributed by atoms with Crippen LogP contribution < -0.4 is 11.1 Å². The van der Waals surface area contributed by atoms with E-state index in [1.54, 1.807) is 12.1 Å². The van der Waals surface area contributed by atoms with Crippen molar-refractivity contribution in [3.8, 4) is 5.75 Å². The van der Waals surface area contributed by atoms with E-state index in [9.17, 15) is 5.11 Å². The molecule has 14 heavy (non-hydrogen) atoms. The van der Waals surface area contributed by atoms with Gasteiger partial charge in [0, 0.05) is 23.8 Å². The summed E-state index contributed by atoms with van der Waals surface area (Å²) in [6.07, 6.45) is 3.24. The number of nitrogens with two attached hydrogens (primary N) is 1. The number of rotatable bonds is 2. The first-order valence-electron chi connectivity index (χ1n) is 5.05. The zero-order valence-corrected chi connectivity index (χ0v) is 8.11. The maximum absolute atomic E-state index is 9.27. The highest BCUT2D eigenvalue weighted by atomic mass is 16.3. The smallest absolute Gasteiger partial charge is 0.117 e. The zero-order valence-electron chi connectivity index (χ0n) is 8.11. The lowest BCUT2D eigenvalue weighted by Gasteiger charge is -2.13. The molecule has 1 aliphatic rings. The van der Waals surface area contributed by atoms with Crippen molar-refractivity contribution < 1.29 is 5.11 Å². The van der Waals surface area contributed by atoms with Crippen molar-refractivity contribution >= 4 is 5.69 Å². The summed E-state index contributed by atoms with van der Waals surface area (Å²) in [5.41, 5.74) is 6.80. The number of hydrogen-bond acceptors (Lipinski definition) is 3. The molecule has 1 aromatic carbocycles. The lowest BCUT2D eigenvalue weighted by Crippen LogP contribution is -2.20. The molecule has 0 radical (unpaired) electrons. The van der Waals surface area contributed by atoms with Gasteiger partial charge in [-0.25, -0.2) is 0 Å². The molecule has 4 N–H and O–H groups in total. The van der Waals surface area contributed by atoms with Gasteiger partial charge in [0.15, 0.2) is 0 Å². The number of hydrogen-bond donors (Lipinski definition) is 3. The van der Waals surface area contributed by atoms with Gasteiger partial charge in [-0.3, -0.25) is 0 Å². The Kier molecular flexibility index (Phi) is 2.59. The summed E-state index contributed by atoms with van der Waals surface area (Å²) in [7, 11) is 0. The first-order chi connectivity index (χ1) is 6.74. The summed E-state index contributed by atoms with van der Waals surface area (Å²) in [6, 6.07) is 8.02. The maximum Gasteiger partial charge on any atom is 0.117 e. The minimum absolute atomic E-state index is 0.303. The fourth-order valence-corrected chi connectivity index (χ4v) is 1.98. The second-order valence-corrected chi connectivity index (χ2v) is 3.96. The van der Waals surface area contributed by atoms with Crippen molar-refractivity contribution in [2.45, 2.75) is 31.3 Å². The van der Waals surface area contributed by atoms with Crippen LogP contribution in [0.4, 0.5) is 5.69 Å². The van der Waals surface area contributed by atoms with Crippen LogP contribution in [-0.2, 0) is 0 Å². The maximum atomic E-state index is 9.27. The molecule has 3 nitrogen and oxygen atoms in total. The van der Waals surface area contributed by atoms with Gasteiger partial charge >= 0.3 is 0 Å². The predicted molar refractivity (Wildman–Crippen MR) is 57.3 cm³/mol. The molecule has 0 spiro atoms. The van der Waals surface area contributed by atoms with Gasteiger partial charge in [-0.05, 0) is 31.4 Å². The molecule has 1 aromatic rings. The van der Waals surface area contributed by atoms with E-state index in [4.69, 9.17) is 5.73 Å². The van der Waals surface area contributed by atoms with Crippen LogP contribution in [0.3, 0.4) is 0 Å². The topological polar surface area (TPSA) is 58.3 Å². The molecule has 1 aliphatic carbocycles. The molecule has 2 rings (SSSR count). The summed E-state index contributed by atoms with van der Waals surface area (Å²) in [5.74, 6) is 0.303. The Hall–Kier alpha value is -1.22. The first kappa shape index (κ1) is 9.34. The van der Waals surface area contributed by atoms with Crippen LogP contribution in [0.1, 0.15) is 19.3 Å². The number of nitrogens with one attached hydrogen (secondary N) is 1. The fourth-order valence-electron chi connectivity index (χ4n) is 1.98. The minimum Gasteiger partial charge on any atom is -0.508 e. The second kappa shape index (κ2) is 3.88. The molecular formula is C11H16N2O. The Balaban J connectivity index is 1.97. The quantitative estimate of drug-likeness (QED) is 0.668. The van der Waals surface area contributed by atoms with Crippen LogP contribution in [0.15, 0.2) is 24.3 Å². The molecule has 0 bridgehead atoms. The van der Waals surface area contributed by atoms with E-state index in [0.29, 0.717) is 17.8 Å². The largest absolute Gasteiger partial charge is 0.508 e. The molecule has 0 aromatic heterocycles. The Bertz CT molecular complexity index is 314. The summed E-state index contributed by atoms with van der Waals surface area (Å²) in [5, 5.41) is 12.6. The average Bonchev–Trinajstić information content (AvgIpc) is 2.51. The van der Waals surface area contributed by atoms with E-state index in [1.807, 2.05) is 12.1 Å². The highest BCUT2D eigenvalue weighted by Crippen LogP contribution is 2.23. The number of anilines is 1. The van der Waals surface area contributed by atoms with Crippen molar-refractivity contribution in [2.75, 3.05) is 5.32 Å². The monoisotopic (exact) mass is 192 g/mol. The van der Waals surface area contributed by atoms with Crippen molar-refractivity contribution in [1.29, 1.82) is 0 Å². The number of phenols is 1. The summed E-state index contributed by atoms with van der Waals surface area (Å²) in [6.45, 7) is 0. The molecule has 1 fully saturated rings. The molecule has 2 unspecified atom stereocenters. The minimum atomic E-state index is 0.303. The highest BCUT2D eigenvalue weighted by molar-refractivity contribution is 5.48. The van der Waals surface area contributed by atoms with E-state index < -0.39 is 0 Å². The SMILES string of the molecule is NC1CCC(Nc2cccc(O)c2)C1. The standard InChI is InChI=1S/C11H16N2O/c12-8-4-5-10(6-8)13-9-2-1-3-11(14)7-9/h1-3,7-8,10,13-14H,4-6,12H2. The van der Waals surface area contributed by atoms with Gasteiger partial charge in [0.1, 0.15) is 5.75 Å². The molecule has 0 aliphatic heterocycles. The molecule has 3 heteroatoms. The van der Waals surface area contributed by atoms with Gasteiger partial charge in [0.05, 0.1) is 0 Å². The van der Waals surface area contributed by atoms with Crippen LogP contribution in [0.2, 0.25) is 0 Å². The normalized spacial score (nSPS) is 26.4. The first-order valence-corrected chi connectivity index (χ1v) is 5.05. The zero-order chi connectivity index (χ0) is 9.97. The third kappa shape index (κ3) is 2.17. The van der Waals surface area contributed by atoms with Crippen LogP contribution in [-0.4, -0.2) is 17.2 Å². The Labute approximate surface area is 83.9 Å². The van der Waals surface area contributed by atoms with E-state index >= 15 is 0 Å². The Morgan fingerprint density at radius 2 is 2.21 bits per heavy atom. The Morgan fingerprint density at radius 3 is 2.86 bits per heavy atom. The molecular weight excluding hydrogens is 176 g/mol. The molecule has 0 heterocycles. The third-order valence-corrected chi connectivity index (χ3v) is 2.69. The second-order valence-electron chi connectivity index (χ2n) is 3.96. The fraction of sp³-hybridized carbons (Fsp3) is 0.455.